The maximum absolute atomic E-state index is 12.2. The van der Waals surface area contributed by atoms with Gasteiger partial charge in [-0.2, -0.15) is 0 Å². The zero-order valence-electron chi connectivity index (χ0n) is 13.1. The Bertz CT molecular complexity index is 456. The minimum Gasteiger partial charge on any atom is -0.496 e. The van der Waals surface area contributed by atoms with Crippen LogP contribution in [0.3, 0.4) is 0 Å². The summed E-state index contributed by atoms with van der Waals surface area (Å²) in [4.78, 5) is 14.0. The van der Waals surface area contributed by atoms with Crippen molar-refractivity contribution in [2.45, 2.75) is 44.7 Å². The molecule has 1 atom stereocenters. The van der Waals surface area contributed by atoms with Gasteiger partial charge in [-0.15, -0.1) is 0 Å². The van der Waals surface area contributed by atoms with Crippen molar-refractivity contribution in [1.29, 1.82) is 0 Å². The molecule has 0 aliphatic carbocycles. The van der Waals surface area contributed by atoms with Crippen LogP contribution in [0.5, 0.6) is 5.75 Å². The fourth-order valence-corrected chi connectivity index (χ4v) is 2.84. The highest BCUT2D eigenvalue weighted by molar-refractivity contribution is 5.76. The van der Waals surface area contributed by atoms with Crippen molar-refractivity contribution in [3.8, 4) is 5.75 Å². The van der Waals surface area contributed by atoms with Gasteiger partial charge in [0.05, 0.1) is 7.11 Å². The number of rotatable bonds is 6. The van der Waals surface area contributed by atoms with Crippen molar-refractivity contribution < 1.29 is 9.53 Å². The molecule has 1 N–H and O–H groups in total. The SMILES string of the molecule is COc1ccccc1CN(C)C(=O)CCC1CCCCN1. The molecule has 0 radical (unpaired) electrons. The summed E-state index contributed by atoms with van der Waals surface area (Å²) in [6.45, 7) is 1.69. The lowest BCUT2D eigenvalue weighted by molar-refractivity contribution is -0.130. The first-order chi connectivity index (χ1) is 10.2. The van der Waals surface area contributed by atoms with E-state index in [1.165, 1.54) is 19.3 Å². The van der Waals surface area contributed by atoms with Crippen LogP contribution in [0.4, 0.5) is 0 Å². The molecule has 1 aliphatic rings. The fraction of sp³-hybridized carbons (Fsp3) is 0.588. The van der Waals surface area contributed by atoms with Crippen molar-refractivity contribution in [3.63, 3.8) is 0 Å². The number of carbonyl (C=O) groups is 1. The third kappa shape index (κ3) is 4.74. The Kier molecular flexibility index (Phi) is 6.05. The number of ether oxygens (including phenoxy) is 1. The first-order valence-electron chi connectivity index (χ1n) is 7.80. The van der Waals surface area contributed by atoms with Gasteiger partial charge >= 0.3 is 0 Å². The number of nitrogens with one attached hydrogen (secondary N) is 1. The van der Waals surface area contributed by atoms with E-state index in [1.807, 2.05) is 31.3 Å². The van der Waals surface area contributed by atoms with Gasteiger partial charge < -0.3 is 15.0 Å². The molecule has 4 heteroatoms. The summed E-state index contributed by atoms with van der Waals surface area (Å²) >= 11 is 0. The van der Waals surface area contributed by atoms with E-state index in [-0.39, 0.29) is 5.91 Å². The monoisotopic (exact) mass is 290 g/mol. The second-order valence-electron chi connectivity index (χ2n) is 5.75. The van der Waals surface area contributed by atoms with Crippen LogP contribution in [0.1, 0.15) is 37.7 Å². The number of para-hydroxylation sites is 1. The van der Waals surface area contributed by atoms with Crippen LogP contribution < -0.4 is 10.1 Å². The number of methoxy groups -OCH3 is 1. The smallest absolute Gasteiger partial charge is 0.222 e. The molecule has 1 unspecified atom stereocenters. The molecule has 1 heterocycles. The Morgan fingerprint density at radius 2 is 2.19 bits per heavy atom. The topological polar surface area (TPSA) is 41.6 Å². The highest BCUT2D eigenvalue weighted by Gasteiger charge is 2.16. The molecule has 0 bridgehead atoms. The van der Waals surface area contributed by atoms with E-state index in [2.05, 4.69) is 5.32 Å². The lowest BCUT2D eigenvalue weighted by Gasteiger charge is -2.24. The Hall–Kier alpha value is -1.55. The van der Waals surface area contributed by atoms with Crippen LogP contribution in [0.25, 0.3) is 0 Å². The molecule has 0 saturated carbocycles. The molecule has 2 rings (SSSR count). The van der Waals surface area contributed by atoms with Crippen LogP contribution >= 0.6 is 0 Å². The maximum Gasteiger partial charge on any atom is 0.222 e. The number of amides is 1. The molecule has 21 heavy (non-hydrogen) atoms. The summed E-state index contributed by atoms with van der Waals surface area (Å²) in [6, 6.07) is 8.37. The zero-order valence-corrected chi connectivity index (χ0v) is 13.1. The molecule has 1 saturated heterocycles. The lowest BCUT2D eigenvalue weighted by atomic mass is 10.0. The van der Waals surface area contributed by atoms with E-state index in [4.69, 9.17) is 4.74 Å². The Balaban J connectivity index is 1.81. The number of carbonyl (C=O) groups excluding carboxylic acids is 1. The van der Waals surface area contributed by atoms with Gasteiger partial charge in [-0.3, -0.25) is 4.79 Å². The van der Waals surface area contributed by atoms with Crippen molar-refractivity contribution in [2.75, 3.05) is 20.7 Å². The molecule has 4 nitrogen and oxygen atoms in total. The Labute approximate surface area is 127 Å². The van der Waals surface area contributed by atoms with Gasteiger partial charge in [-0.1, -0.05) is 24.6 Å². The molecule has 0 spiro atoms. The fourth-order valence-electron chi connectivity index (χ4n) is 2.84. The summed E-state index contributed by atoms with van der Waals surface area (Å²) in [7, 11) is 3.53. The molecule has 1 fully saturated rings. The second kappa shape index (κ2) is 8.03. The minimum absolute atomic E-state index is 0.202. The summed E-state index contributed by atoms with van der Waals surface area (Å²) in [5.74, 6) is 1.04. The molecule has 0 aromatic heterocycles. The number of nitrogens with zero attached hydrogens (tertiary/aromatic N) is 1. The van der Waals surface area contributed by atoms with Crippen LogP contribution in [0.15, 0.2) is 24.3 Å². The number of piperidine rings is 1. The van der Waals surface area contributed by atoms with Gasteiger partial charge in [0.15, 0.2) is 0 Å². The van der Waals surface area contributed by atoms with E-state index in [0.29, 0.717) is 19.0 Å². The molecule has 1 amide bonds. The van der Waals surface area contributed by atoms with Crippen LogP contribution in [0.2, 0.25) is 0 Å². The predicted molar refractivity (Wildman–Crippen MR) is 84.3 cm³/mol. The first kappa shape index (κ1) is 15.8. The summed E-state index contributed by atoms with van der Waals surface area (Å²) in [6.07, 6.45) is 5.29. The third-order valence-corrected chi connectivity index (χ3v) is 4.14. The summed E-state index contributed by atoms with van der Waals surface area (Å²) in [5, 5.41) is 3.49. The van der Waals surface area contributed by atoms with Gasteiger partial charge in [0.1, 0.15) is 5.75 Å². The van der Waals surface area contributed by atoms with Crippen molar-refractivity contribution in [1.82, 2.24) is 10.2 Å². The van der Waals surface area contributed by atoms with E-state index >= 15 is 0 Å². The molecule has 1 aliphatic heterocycles. The average Bonchev–Trinajstić information content (AvgIpc) is 2.54. The van der Waals surface area contributed by atoms with Gasteiger partial charge in [0.25, 0.3) is 0 Å². The highest BCUT2D eigenvalue weighted by Crippen LogP contribution is 2.19. The van der Waals surface area contributed by atoms with Crippen LogP contribution in [-0.4, -0.2) is 37.6 Å². The first-order valence-corrected chi connectivity index (χ1v) is 7.80. The van der Waals surface area contributed by atoms with Crippen molar-refractivity contribution >= 4 is 5.91 Å². The number of benzene rings is 1. The van der Waals surface area contributed by atoms with Gasteiger partial charge in [-0.05, 0) is 31.9 Å². The van der Waals surface area contributed by atoms with Gasteiger partial charge in [-0.25, -0.2) is 0 Å². The minimum atomic E-state index is 0.202. The molecule has 1 aromatic rings. The largest absolute Gasteiger partial charge is 0.496 e. The molecule has 1 aromatic carbocycles. The summed E-state index contributed by atoms with van der Waals surface area (Å²) in [5.41, 5.74) is 1.05. The maximum atomic E-state index is 12.2. The average molecular weight is 290 g/mol. The quantitative estimate of drug-likeness (QED) is 0.875. The molecular weight excluding hydrogens is 264 g/mol. The van der Waals surface area contributed by atoms with E-state index in [1.54, 1.807) is 12.0 Å². The van der Waals surface area contributed by atoms with Gasteiger partial charge in [0, 0.05) is 31.6 Å². The molecular formula is C17H26N2O2. The number of hydrogen-bond acceptors (Lipinski definition) is 3. The Morgan fingerprint density at radius 3 is 2.90 bits per heavy atom. The molecule has 116 valence electrons. The predicted octanol–water partition coefficient (Wildman–Crippen LogP) is 2.58. The lowest BCUT2D eigenvalue weighted by Crippen LogP contribution is -2.35. The van der Waals surface area contributed by atoms with Crippen LogP contribution in [0, 0.1) is 0 Å². The van der Waals surface area contributed by atoms with Crippen LogP contribution in [-0.2, 0) is 11.3 Å². The zero-order chi connectivity index (χ0) is 15.1. The second-order valence-corrected chi connectivity index (χ2v) is 5.75. The van der Waals surface area contributed by atoms with E-state index < -0.39 is 0 Å². The normalized spacial score (nSPS) is 18.3. The van der Waals surface area contributed by atoms with Crippen molar-refractivity contribution in [2.24, 2.45) is 0 Å². The van der Waals surface area contributed by atoms with E-state index in [0.717, 1.165) is 24.3 Å². The third-order valence-electron chi connectivity index (χ3n) is 4.14. The highest BCUT2D eigenvalue weighted by atomic mass is 16.5. The van der Waals surface area contributed by atoms with E-state index in [9.17, 15) is 4.79 Å². The Morgan fingerprint density at radius 1 is 1.38 bits per heavy atom. The standard InChI is InChI=1S/C17H26N2O2/c1-19(13-14-7-3-4-9-16(14)21-2)17(20)11-10-15-8-5-6-12-18-15/h3-4,7,9,15,18H,5-6,8,10-13H2,1-2H3. The summed E-state index contributed by atoms with van der Waals surface area (Å²) < 4.78 is 5.33. The van der Waals surface area contributed by atoms with Crippen molar-refractivity contribution in [3.05, 3.63) is 29.8 Å². The number of hydrogen-bond donors (Lipinski definition) is 1. The van der Waals surface area contributed by atoms with Gasteiger partial charge in [0.2, 0.25) is 5.91 Å².